The molecule has 0 aromatic rings. The molecule has 0 saturated heterocycles. The van der Waals surface area contributed by atoms with Crippen molar-refractivity contribution in [3.63, 3.8) is 0 Å². The van der Waals surface area contributed by atoms with Gasteiger partial charge in [0.25, 0.3) is 0 Å². The molecule has 0 aliphatic rings. The Kier molecular flexibility index (Phi) is 8.21. The Morgan fingerprint density at radius 3 is 2.29 bits per heavy atom. The van der Waals surface area contributed by atoms with Crippen LogP contribution in [0.15, 0.2) is 0 Å². The maximum absolute atomic E-state index is 11.7. The minimum atomic E-state index is -3.12. The van der Waals surface area contributed by atoms with E-state index in [2.05, 4.69) is 11.7 Å². The summed E-state index contributed by atoms with van der Waals surface area (Å²) in [5.41, 5.74) is 0. The predicted octanol–water partition coefficient (Wildman–Crippen LogP) is 2.18. The third kappa shape index (κ3) is 8.18. The number of unbranched alkanes of at least 4 members (excludes halogenated alkanes) is 4. The largest absolute Gasteiger partial charge is 0.469 e. The number of hydrogen-bond donors (Lipinski definition) is 0. The lowest BCUT2D eigenvalue weighted by molar-refractivity contribution is -0.144. The number of esters is 1. The molecule has 5 heteroatoms. The number of hydrogen-bond acceptors (Lipinski definition) is 4. The summed E-state index contributed by atoms with van der Waals surface area (Å²) in [5, 5.41) is 0. The SMILES string of the molecule is CCCCCCCS(=O)(=O)CC(C)C(=O)OC. The van der Waals surface area contributed by atoms with E-state index >= 15 is 0 Å². The molecule has 0 aromatic carbocycles. The predicted molar refractivity (Wildman–Crippen MR) is 68.6 cm³/mol. The van der Waals surface area contributed by atoms with Gasteiger partial charge in [-0.3, -0.25) is 4.79 Å². The molecule has 0 aromatic heterocycles. The van der Waals surface area contributed by atoms with Gasteiger partial charge in [0.05, 0.1) is 24.5 Å². The molecule has 0 N–H and O–H groups in total. The van der Waals surface area contributed by atoms with E-state index in [0.717, 1.165) is 25.7 Å². The molecule has 0 spiro atoms. The van der Waals surface area contributed by atoms with Gasteiger partial charge in [0.1, 0.15) is 0 Å². The third-order valence-corrected chi connectivity index (χ3v) is 4.58. The highest BCUT2D eigenvalue weighted by Crippen LogP contribution is 2.08. The summed E-state index contributed by atoms with van der Waals surface area (Å²) >= 11 is 0. The van der Waals surface area contributed by atoms with Gasteiger partial charge in [0.15, 0.2) is 9.84 Å². The fourth-order valence-corrected chi connectivity index (χ4v) is 3.37. The monoisotopic (exact) mass is 264 g/mol. The van der Waals surface area contributed by atoms with Gasteiger partial charge in [-0.25, -0.2) is 8.42 Å². The van der Waals surface area contributed by atoms with E-state index < -0.39 is 21.7 Å². The van der Waals surface area contributed by atoms with Crippen LogP contribution in [0, 0.1) is 5.92 Å². The topological polar surface area (TPSA) is 60.4 Å². The van der Waals surface area contributed by atoms with Crippen molar-refractivity contribution in [1.29, 1.82) is 0 Å². The molecule has 0 rings (SSSR count). The number of carbonyl (C=O) groups excluding carboxylic acids is 1. The van der Waals surface area contributed by atoms with Crippen molar-refractivity contribution in [2.24, 2.45) is 5.92 Å². The molecular formula is C12H24O4S. The van der Waals surface area contributed by atoms with E-state index in [1.165, 1.54) is 7.11 Å². The van der Waals surface area contributed by atoms with Gasteiger partial charge in [0, 0.05) is 0 Å². The van der Waals surface area contributed by atoms with Crippen LogP contribution in [0.2, 0.25) is 0 Å². The average molecular weight is 264 g/mol. The number of ether oxygens (including phenoxy) is 1. The van der Waals surface area contributed by atoms with E-state index in [9.17, 15) is 13.2 Å². The van der Waals surface area contributed by atoms with Crippen LogP contribution in [0.4, 0.5) is 0 Å². The van der Waals surface area contributed by atoms with Gasteiger partial charge < -0.3 is 4.74 Å². The Morgan fingerprint density at radius 1 is 1.18 bits per heavy atom. The van der Waals surface area contributed by atoms with Crippen LogP contribution in [0.3, 0.4) is 0 Å². The Morgan fingerprint density at radius 2 is 1.76 bits per heavy atom. The maximum Gasteiger partial charge on any atom is 0.309 e. The lowest BCUT2D eigenvalue weighted by atomic mass is 10.2. The zero-order valence-electron chi connectivity index (χ0n) is 11.1. The van der Waals surface area contributed by atoms with Gasteiger partial charge >= 0.3 is 5.97 Å². The van der Waals surface area contributed by atoms with E-state index in [0.29, 0.717) is 6.42 Å². The smallest absolute Gasteiger partial charge is 0.309 e. The van der Waals surface area contributed by atoms with Gasteiger partial charge in [-0.2, -0.15) is 0 Å². The molecule has 1 unspecified atom stereocenters. The van der Waals surface area contributed by atoms with Crippen LogP contribution in [0.1, 0.15) is 46.0 Å². The Bertz CT molecular complexity index is 308. The van der Waals surface area contributed by atoms with E-state index in [1.807, 2.05) is 0 Å². The molecule has 4 nitrogen and oxygen atoms in total. The van der Waals surface area contributed by atoms with Crippen LogP contribution in [-0.2, 0) is 19.4 Å². The molecule has 0 saturated carbocycles. The summed E-state index contributed by atoms with van der Waals surface area (Å²) in [4.78, 5) is 11.1. The highest BCUT2D eigenvalue weighted by molar-refractivity contribution is 7.91. The first-order chi connectivity index (χ1) is 7.93. The van der Waals surface area contributed by atoms with Crippen LogP contribution in [-0.4, -0.2) is 33.0 Å². The quantitative estimate of drug-likeness (QED) is 0.473. The second-order valence-corrected chi connectivity index (χ2v) is 6.68. The number of sulfone groups is 1. The second-order valence-electron chi connectivity index (χ2n) is 4.45. The molecule has 1 atom stereocenters. The Balaban J connectivity index is 3.92. The summed E-state index contributed by atoms with van der Waals surface area (Å²) in [6.07, 6.45) is 5.01. The van der Waals surface area contributed by atoms with Crippen molar-refractivity contribution in [3.05, 3.63) is 0 Å². The highest BCUT2D eigenvalue weighted by atomic mass is 32.2. The number of rotatable bonds is 9. The van der Waals surface area contributed by atoms with Crippen LogP contribution >= 0.6 is 0 Å². The molecule has 17 heavy (non-hydrogen) atoms. The first-order valence-corrected chi connectivity index (χ1v) is 8.03. The summed E-state index contributed by atoms with van der Waals surface area (Å²) in [7, 11) is -1.85. The van der Waals surface area contributed by atoms with Crippen molar-refractivity contribution in [1.82, 2.24) is 0 Å². The number of carbonyl (C=O) groups is 1. The minimum absolute atomic E-state index is 0.104. The van der Waals surface area contributed by atoms with E-state index in [-0.39, 0.29) is 11.5 Å². The molecule has 102 valence electrons. The van der Waals surface area contributed by atoms with Crippen LogP contribution in [0.25, 0.3) is 0 Å². The minimum Gasteiger partial charge on any atom is -0.469 e. The zero-order chi connectivity index (χ0) is 13.3. The first kappa shape index (κ1) is 16.4. The third-order valence-electron chi connectivity index (χ3n) is 2.67. The summed E-state index contributed by atoms with van der Waals surface area (Å²) < 4.78 is 27.9. The zero-order valence-corrected chi connectivity index (χ0v) is 11.9. The van der Waals surface area contributed by atoms with Crippen LogP contribution in [0.5, 0.6) is 0 Å². The van der Waals surface area contributed by atoms with Gasteiger partial charge in [0.2, 0.25) is 0 Å². The molecular weight excluding hydrogens is 240 g/mol. The fourth-order valence-electron chi connectivity index (χ4n) is 1.66. The van der Waals surface area contributed by atoms with Crippen molar-refractivity contribution in [3.8, 4) is 0 Å². The first-order valence-electron chi connectivity index (χ1n) is 6.21. The molecule has 0 fully saturated rings. The second kappa shape index (κ2) is 8.50. The summed E-state index contributed by atoms with van der Waals surface area (Å²) in [5.74, 6) is -0.953. The molecule has 0 aliphatic carbocycles. The summed E-state index contributed by atoms with van der Waals surface area (Å²) in [6, 6.07) is 0. The molecule has 0 bridgehead atoms. The van der Waals surface area contributed by atoms with Gasteiger partial charge in [-0.15, -0.1) is 0 Å². The van der Waals surface area contributed by atoms with Crippen molar-refractivity contribution in [2.45, 2.75) is 46.0 Å². The Hall–Kier alpha value is -0.580. The molecule has 0 amide bonds. The van der Waals surface area contributed by atoms with Crippen molar-refractivity contribution in [2.75, 3.05) is 18.6 Å². The van der Waals surface area contributed by atoms with Crippen molar-refractivity contribution >= 4 is 15.8 Å². The normalized spacial score (nSPS) is 13.4. The lowest BCUT2D eigenvalue weighted by Crippen LogP contribution is -2.24. The highest BCUT2D eigenvalue weighted by Gasteiger charge is 2.21. The maximum atomic E-state index is 11.7. The molecule has 0 aliphatic heterocycles. The van der Waals surface area contributed by atoms with Crippen LogP contribution < -0.4 is 0 Å². The van der Waals surface area contributed by atoms with E-state index in [1.54, 1.807) is 6.92 Å². The number of methoxy groups -OCH3 is 1. The van der Waals surface area contributed by atoms with E-state index in [4.69, 9.17) is 0 Å². The fraction of sp³-hybridized carbons (Fsp3) is 0.917. The summed E-state index contributed by atoms with van der Waals surface area (Å²) in [6.45, 7) is 3.70. The standard InChI is InChI=1S/C12H24O4S/c1-4-5-6-7-8-9-17(14,15)10-11(2)12(13)16-3/h11H,4-10H2,1-3H3. The molecule has 0 radical (unpaired) electrons. The van der Waals surface area contributed by atoms with Gasteiger partial charge in [-0.1, -0.05) is 39.5 Å². The molecule has 0 heterocycles. The average Bonchev–Trinajstić information content (AvgIpc) is 2.26. The Labute approximate surface area is 105 Å². The van der Waals surface area contributed by atoms with Gasteiger partial charge in [-0.05, 0) is 6.42 Å². The van der Waals surface area contributed by atoms with Crippen molar-refractivity contribution < 1.29 is 17.9 Å². The lowest BCUT2D eigenvalue weighted by Gasteiger charge is -2.09.